The van der Waals surface area contributed by atoms with Crippen LogP contribution in [0.15, 0.2) is 0 Å². The number of carbonyl (C=O) groups excluding carboxylic acids is 1. The van der Waals surface area contributed by atoms with Crippen LogP contribution in [0.3, 0.4) is 0 Å². The zero-order chi connectivity index (χ0) is 14.9. The third-order valence-electron chi connectivity index (χ3n) is 4.69. The lowest BCUT2D eigenvalue weighted by Crippen LogP contribution is -2.41. The van der Waals surface area contributed by atoms with Crippen LogP contribution in [0.25, 0.3) is 0 Å². The van der Waals surface area contributed by atoms with Crippen molar-refractivity contribution in [2.75, 3.05) is 26.2 Å². The molecule has 2 heterocycles. The van der Waals surface area contributed by atoms with Gasteiger partial charge in [0.2, 0.25) is 5.91 Å². The molecule has 2 saturated heterocycles. The van der Waals surface area contributed by atoms with Crippen molar-refractivity contribution in [3.63, 3.8) is 0 Å². The van der Waals surface area contributed by atoms with E-state index in [1.807, 2.05) is 0 Å². The summed E-state index contributed by atoms with van der Waals surface area (Å²) in [5.74, 6) is 0.325. The molecule has 2 aliphatic rings. The van der Waals surface area contributed by atoms with Gasteiger partial charge in [0.05, 0.1) is 6.10 Å². The number of ether oxygens (including phenoxy) is 1. The number of unbranched alkanes of at least 4 members (excludes halogenated alkanes) is 1. The maximum absolute atomic E-state index is 12.5. The molecule has 0 spiro atoms. The predicted molar refractivity (Wildman–Crippen MR) is 85.3 cm³/mol. The summed E-state index contributed by atoms with van der Waals surface area (Å²) in [5.41, 5.74) is 0. The van der Waals surface area contributed by atoms with Crippen LogP contribution < -0.4 is 5.32 Å². The van der Waals surface area contributed by atoms with E-state index >= 15 is 0 Å². The van der Waals surface area contributed by atoms with E-state index in [4.69, 9.17) is 4.74 Å². The van der Waals surface area contributed by atoms with E-state index in [-0.39, 0.29) is 0 Å². The third-order valence-corrected chi connectivity index (χ3v) is 4.69. The van der Waals surface area contributed by atoms with Crippen molar-refractivity contribution in [3.8, 4) is 0 Å². The summed E-state index contributed by atoms with van der Waals surface area (Å²) in [5, 5.41) is 3.51. The number of hydrogen-bond acceptors (Lipinski definition) is 3. The molecule has 4 heteroatoms. The van der Waals surface area contributed by atoms with Crippen LogP contribution in [0.2, 0.25) is 0 Å². The normalized spacial score (nSPS) is 26.0. The monoisotopic (exact) mass is 296 g/mol. The van der Waals surface area contributed by atoms with Crippen LogP contribution >= 0.6 is 0 Å². The maximum Gasteiger partial charge on any atom is 0.222 e. The first kappa shape index (κ1) is 16.8. The Balaban J connectivity index is 1.75. The Labute approximate surface area is 129 Å². The van der Waals surface area contributed by atoms with E-state index in [0.717, 1.165) is 51.9 Å². The van der Waals surface area contributed by atoms with E-state index in [9.17, 15) is 4.79 Å². The quantitative estimate of drug-likeness (QED) is 0.749. The first-order valence-electron chi connectivity index (χ1n) is 8.92. The fraction of sp³-hybridized carbons (Fsp3) is 0.941. The van der Waals surface area contributed by atoms with E-state index < -0.39 is 0 Å². The lowest BCUT2D eigenvalue weighted by molar-refractivity contribution is -0.132. The van der Waals surface area contributed by atoms with Crippen LogP contribution in [0, 0.1) is 0 Å². The van der Waals surface area contributed by atoms with E-state index in [2.05, 4.69) is 17.1 Å². The number of nitrogens with zero attached hydrogens (tertiary/aromatic N) is 1. The largest absolute Gasteiger partial charge is 0.378 e. The molecule has 0 aromatic carbocycles. The van der Waals surface area contributed by atoms with Gasteiger partial charge >= 0.3 is 0 Å². The standard InChI is InChI=1S/C17H32N2O2/c1-2-3-12-19(14-15-7-6-11-18-15)17(20)10-9-16-8-4-5-13-21-16/h15-16,18H,2-14H2,1H3. The fourth-order valence-corrected chi connectivity index (χ4v) is 3.32. The van der Waals surface area contributed by atoms with Crippen molar-refractivity contribution >= 4 is 5.91 Å². The van der Waals surface area contributed by atoms with Gasteiger partial charge < -0.3 is 15.0 Å². The minimum Gasteiger partial charge on any atom is -0.378 e. The molecule has 2 fully saturated rings. The molecule has 2 unspecified atom stereocenters. The van der Waals surface area contributed by atoms with Gasteiger partial charge in [0, 0.05) is 32.2 Å². The average molecular weight is 296 g/mol. The van der Waals surface area contributed by atoms with Crippen LogP contribution in [-0.4, -0.2) is 49.2 Å². The molecular weight excluding hydrogens is 264 g/mol. The lowest BCUT2D eigenvalue weighted by atomic mass is 10.0. The number of carbonyl (C=O) groups is 1. The zero-order valence-corrected chi connectivity index (χ0v) is 13.6. The zero-order valence-electron chi connectivity index (χ0n) is 13.6. The highest BCUT2D eigenvalue weighted by Gasteiger charge is 2.22. The SMILES string of the molecule is CCCCN(CC1CCCN1)C(=O)CCC1CCCCO1. The van der Waals surface area contributed by atoms with Gasteiger partial charge in [-0.05, 0) is 51.5 Å². The summed E-state index contributed by atoms with van der Waals surface area (Å²) in [7, 11) is 0. The Bertz CT molecular complexity index is 297. The Hall–Kier alpha value is -0.610. The lowest BCUT2D eigenvalue weighted by Gasteiger charge is -2.27. The van der Waals surface area contributed by atoms with Gasteiger partial charge in [0.25, 0.3) is 0 Å². The molecule has 0 aromatic heterocycles. The highest BCUT2D eigenvalue weighted by molar-refractivity contribution is 5.76. The second kappa shape index (κ2) is 9.42. The topological polar surface area (TPSA) is 41.6 Å². The Morgan fingerprint density at radius 3 is 2.86 bits per heavy atom. The van der Waals surface area contributed by atoms with Crippen molar-refractivity contribution in [1.29, 1.82) is 0 Å². The highest BCUT2D eigenvalue weighted by atomic mass is 16.5. The molecule has 4 nitrogen and oxygen atoms in total. The van der Waals surface area contributed by atoms with Crippen molar-refractivity contribution in [1.82, 2.24) is 10.2 Å². The van der Waals surface area contributed by atoms with Gasteiger partial charge in [-0.2, -0.15) is 0 Å². The molecule has 21 heavy (non-hydrogen) atoms. The Kier molecular flexibility index (Phi) is 7.51. The maximum atomic E-state index is 12.5. The fourth-order valence-electron chi connectivity index (χ4n) is 3.32. The molecule has 0 saturated carbocycles. The summed E-state index contributed by atoms with van der Waals surface area (Å²) >= 11 is 0. The minimum atomic E-state index is 0.320. The van der Waals surface area contributed by atoms with Crippen molar-refractivity contribution in [3.05, 3.63) is 0 Å². The van der Waals surface area contributed by atoms with Gasteiger partial charge in [-0.3, -0.25) is 4.79 Å². The van der Waals surface area contributed by atoms with Crippen LogP contribution in [0.4, 0.5) is 0 Å². The first-order chi connectivity index (χ1) is 10.3. The summed E-state index contributed by atoms with van der Waals surface area (Å²) in [6.45, 7) is 5.98. The minimum absolute atomic E-state index is 0.320. The Morgan fingerprint density at radius 1 is 1.29 bits per heavy atom. The Morgan fingerprint density at radius 2 is 2.19 bits per heavy atom. The second-order valence-corrected chi connectivity index (χ2v) is 6.51. The van der Waals surface area contributed by atoms with Crippen LogP contribution in [-0.2, 0) is 9.53 Å². The molecular formula is C17H32N2O2. The molecule has 0 aromatic rings. The van der Waals surface area contributed by atoms with E-state index in [1.54, 1.807) is 0 Å². The molecule has 2 rings (SSSR count). The number of rotatable bonds is 8. The van der Waals surface area contributed by atoms with E-state index in [0.29, 0.717) is 24.5 Å². The van der Waals surface area contributed by atoms with Gasteiger partial charge in [0.1, 0.15) is 0 Å². The molecule has 0 bridgehead atoms. The summed E-state index contributed by atoms with van der Waals surface area (Å²) in [6, 6.07) is 0.511. The van der Waals surface area contributed by atoms with Gasteiger partial charge in [-0.1, -0.05) is 13.3 Å². The molecule has 2 aliphatic heterocycles. The second-order valence-electron chi connectivity index (χ2n) is 6.51. The van der Waals surface area contributed by atoms with Crippen molar-refractivity contribution in [2.45, 2.75) is 76.9 Å². The summed E-state index contributed by atoms with van der Waals surface area (Å²) < 4.78 is 5.74. The van der Waals surface area contributed by atoms with Gasteiger partial charge in [-0.25, -0.2) is 0 Å². The number of hydrogen-bond donors (Lipinski definition) is 1. The van der Waals surface area contributed by atoms with Crippen molar-refractivity contribution < 1.29 is 9.53 Å². The van der Waals surface area contributed by atoms with Crippen molar-refractivity contribution in [2.24, 2.45) is 0 Å². The number of amides is 1. The van der Waals surface area contributed by atoms with Gasteiger partial charge in [0.15, 0.2) is 0 Å². The molecule has 2 atom stereocenters. The first-order valence-corrected chi connectivity index (χ1v) is 8.92. The molecule has 1 N–H and O–H groups in total. The summed E-state index contributed by atoms with van der Waals surface area (Å²) in [4.78, 5) is 14.6. The van der Waals surface area contributed by atoms with Gasteiger partial charge in [-0.15, -0.1) is 0 Å². The highest BCUT2D eigenvalue weighted by Crippen LogP contribution is 2.18. The molecule has 122 valence electrons. The summed E-state index contributed by atoms with van der Waals surface area (Å²) in [6.07, 6.45) is 10.2. The molecule has 0 aliphatic carbocycles. The molecule has 1 amide bonds. The van der Waals surface area contributed by atoms with Crippen LogP contribution in [0.1, 0.15) is 64.7 Å². The predicted octanol–water partition coefficient (Wildman–Crippen LogP) is 2.72. The number of nitrogens with one attached hydrogen (secondary N) is 1. The van der Waals surface area contributed by atoms with Crippen LogP contribution in [0.5, 0.6) is 0 Å². The third kappa shape index (κ3) is 5.95. The average Bonchev–Trinajstić information content (AvgIpc) is 3.03. The van der Waals surface area contributed by atoms with E-state index in [1.165, 1.54) is 25.7 Å². The smallest absolute Gasteiger partial charge is 0.222 e. The molecule has 0 radical (unpaired) electrons.